The molecule has 30 heavy (non-hydrogen) atoms. The number of carbonyl (C=O) groups excluding carboxylic acids is 1. The first kappa shape index (κ1) is 20.9. The Morgan fingerprint density at radius 2 is 1.93 bits per heavy atom. The highest BCUT2D eigenvalue weighted by molar-refractivity contribution is 7.99. The molecule has 0 spiro atoms. The number of carbonyl (C=O) groups is 1. The minimum atomic E-state index is -4.39. The summed E-state index contributed by atoms with van der Waals surface area (Å²) in [6.45, 7) is 0. The fraction of sp³-hybridized carbons (Fsp3) is 0.238. The van der Waals surface area contributed by atoms with Crippen LogP contribution in [0.3, 0.4) is 0 Å². The van der Waals surface area contributed by atoms with Gasteiger partial charge in [0.05, 0.1) is 23.7 Å². The van der Waals surface area contributed by atoms with E-state index in [1.54, 1.807) is 23.2 Å². The van der Waals surface area contributed by atoms with Gasteiger partial charge in [-0.15, -0.1) is 23.1 Å². The van der Waals surface area contributed by atoms with Crippen LogP contribution in [-0.4, -0.2) is 16.6 Å². The molecule has 1 aliphatic rings. The SMILES string of the molecule is O=C(Cc1csc(-c2ccc(C(F)(F)F)cc2)n1)NC1CCSc2ccc(F)cc21. The topological polar surface area (TPSA) is 42.0 Å². The fourth-order valence-corrected chi connectivity index (χ4v) is 5.18. The first-order chi connectivity index (χ1) is 14.3. The van der Waals surface area contributed by atoms with E-state index in [0.29, 0.717) is 22.7 Å². The number of thioether (sulfide) groups is 1. The van der Waals surface area contributed by atoms with Crippen molar-refractivity contribution in [2.24, 2.45) is 0 Å². The molecule has 2 aromatic carbocycles. The third kappa shape index (κ3) is 4.67. The van der Waals surface area contributed by atoms with Gasteiger partial charge in [-0.3, -0.25) is 4.79 Å². The van der Waals surface area contributed by atoms with E-state index in [4.69, 9.17) is 0 Å². The Balaban J connectivity index is 1.42. The second kappa shape index (κ2) is 8.39. The Kier molecular flexibility index (Phi) is 5.84. The van der Waals surface area contributed by atoms with Crippen molar-refractivity contribution in [2.45, 2.75) is 30.0 Å². The normalized spacial score (nSPS) is 16.2. The van der Waals surface area contributed by atoms with Crippen LogP contribution in [0, 0.1) is 5.82 Å². The van der Waals surface area contributed by atoms with E-state index in [1.807, 2.05) is 0 Å². The Hall–Kier alpha value is -2.39. The largest absolute Gasteiger partial charge is 0.416 e. The summed E-state index contributed by atoms with van der Waals surface area (Å²) in [6.07, 6.45) is -3.63. The van der Waals surface area contributed by atoms with Crippen LogP contribution in [-0.2, 0) is 17.4 Å². The van der Waals surface area contributed by atoms with Crippen molar-refractivity contribution in [1.82, 2.24) is 10.3 Å². The van der Waals surface area contributed by atoms with Gasteiger partial charge in [-0.05, 0) is 42.3 Å². The second-order valence-corrected chi connectivity index (χ2v) is 8.83. The molecule has 3 nitrogen and oxygen atoms in total. The van der Waals surface area contributed by atoms with Gasteiger partial charge in [-0.2, -0.15) is 13.2 Å². The molecule has 156 valence electrons. The van der Waals surface area contributed by atoms with Crippen LogP contribution < -0.4 is 5.32 Å². The van der Waals surface area contributed by atoms with Crippen molar-refractivity contribution >= 4 is 29.0 Å². The molecule has 9 heteroatoms. The number of amides is 1. The van der Waals surface area contributed by atoms with Crippen molar-refractivity contribution in [2.75, 3.05) is 5.75 Å². The van der Waals surface area contributed by atoms with Crippen molar-refractivity contribution < 1.29 is 22.4 Å². The maximum atomic E-state index is 13.6. The number of rotatable bonds is 4. The van der Waals surface area contributed by atoms with E-state index >= 15 is 0 Å². The molecule has 0 saturated heterocycles. The van der Waals surface area contributed by atoms with Crippen LogP contribution in [0.4, 0.5) is 17.6 Å². The standard InChI is InChI=1S/C21H16F4N2OS2/c22-14-5-6-18-16(9-14)17(7-8-29-18)27-19(28)10-15-11-30-20(26-15)12-1-3-13(4-2-12)21(23,24)25/h1-6,9,11,17H,7-8,10H2,(H,27,28). The number of thiazole rings is 1. The predicted octanol–water partition coefficient (Wildman–Crippen LogP) is 5.86. The Bertz CT molecular complexity index is 1060. The van der Waals surface area contributed by atoms with Gasteiger partial charge in [0.1, 0.15) is 10.8 Å². The molecule has 0 saturated carbocycles. The number of benzene rings is 2. The second-order valence-electron chi connectivity index (χ2n) is 6.84. The maximum absolute atomic E-state index is 13.6. The van der Waals surface area contributed by atoms with E-state index in [1.165, 1.54) is 35.6 Å². The van der Waals surface area contributed by atoms with E-state index < -0.39 is 11.7 Å². The van der Waals surface area contributed by atoms with Crippen LogP contribution in [0.2, 0.25) is 0 Å². The number of hydrogen-bond acceptors (Lipinski definition) is 4. The number of nitrogens with one attached hydrogen (secondary N) is 1. The third-order valence-corrected chi connectivity index (χ3v) is 6.76. The minimum Gasteiger partial charge on any atom is -0.349 e. The van der Waals surface area contributed by atoms with Crippen LogP contribution in [0.1, 0.15) is 29.3 Å². The summed E-state index contributed by atoms with van der Waals surface area (Å²) in [7, 11) is 0. The van der Waals surface area contributed by atoms with Gasteiger partial charge in [-0.1, -0.05) is 12.1 Å². The van der Waals surface area contributed by atoms with Gasteiger partial charge >= 0.3 is 6.18 Å². The van der Waals surface area contributed by atoms with E-state index in [-0.39, 0.29) is 24.2 Å². The molecule has 0 aliphatic carbocycles. The van der Waals surface area contributed by atoms with Crippen molar-refractivity contribution in [1.29, 1.82) is 0 Å². The van der Waals surface area contributed by atoms with E-state index in [2.05, 4.69) is 10.3 Å². The third-order valence-electron chi connectivity index (χ3n) is 4.70. The number of aromatic nitrogens is 1. The minimum absolute atomic E-state index is 0.0471. The zero-order valence-corrected chi connectivity index (χ0v) is 17.1. The molecule has 1 amide bonds. The number of fused-ring (bicyclic) bond motifs is 1. The average Bonchev–Trinajstić information content (AvgIpc) is 3.16. The molecule has 1 aliphatic heterocycles. The molecule has 3 aromatic rings. The number of halogens is 4. The molecule has 0 radical (unpaired) electrons. The summed E-state index contributed by atoms with van der Waals surface area (Å²) < 4.78 is 51.7. The lowest BCUT2D eigenvalue weighted by Gasteiger charge is -2.25. The summed E-state index contributed by atoms with van der Waals surface area (Å²) in [5.74, 6) is 0.265. The first-order valence-corrected chi connectivity index (χ1v) is 11.0. The van der Waals surface area contributed by atoms with Gasteiger partial charge in [0, 0.05) is 21.6 Å². The van der Waals surface area contributed by atoms with Gasteiger partial charge in [0.2, 0.25) is 5.91 Å². The highest BCUT2D eigenvalue weighted by Crippen LogP contribution is 2.36. The van der Waals surface area contributed by atoms with Crippen LogP contribution in [0.25, 0.3) is 10.6 Å². The number of nitrogens with zero attached hydrogens (tertiary/aromatic N) is 1. The molecule has 1 unspecified atom stereocenters. The summed E-state index contributed by atoms with van der Waals surface area (Å²) >= 11 is 2.91. The summed E-state index contributed by atoms with van der Waals surface area (Å²) in [5, 5.41) is 5.21. The van der Waals surface area contributed by atoms with Crippen LogP contribution in [0.5, 0.6) is 0 Å². The van der Waals surface area contributed by atoms with Crippen LogP contribution in [0.15, 0.2) is 52.7 Å². The predicted molar refractivity (Wildman–Crippen MR) is 109 cm³/mol. The van der Waals surface area contributed by atoms with Gasteiger partial charge in [0.25, 0.3) is 0 Å². The Morgan fingerprint density at radius 1 is 1.17 bits per heavy atom. The van der Waals surface area contributed by atoms with Crippen molar-refractivity contribution in [3.05, 3.63) is 70.5 Å². The molecule has 1 N–H and O–H groups in total. The van der Waals surface area contributed by atoms with Gasteiger partial charge < -0.3 is 5.32 Å². The smallest absolute Gasteiger partial charge is 0.349 e. The number of hydrogen-bond donors (Lipinski definition) is 1. The van der Waals surface area contributed by atoms with Crippen LogP contribution >= 0.6 is 23.1 Å². The monoisotopic (exact) mass is 452 g/mol. The van der Waals surface area contributed by atoms with Gasteiger partial charge in [-0.25, -0.2) is 9.37 Å². The average molecular weight is 452 g/mol. The highest BCUT2D eigenvalue weighted by Gasteiger charge is 2.30. The lowest BCUT2D eigenvalue weighted by atomic mass is 10.0. The quantitative estimate of drug-likeness (QED) is 0.504. The van der Waals surface area contributed by atoms with Crippen molar-refractivity contribution in [3.63, 3.8) is 0 Å². The Morgan fingerprint density at radius 3 is 2.67 bits per heavy atom. The molecular weight excluding hydrogens is 436 g/mol. The molecule has 0 bridgehead atoms. The molecule has 2 heterocycles. The number of alkyl halides is 3. The molecule has 1 atom stereocenters. The summed E-state index contributed by atoms with van der Waals surface area (Å²) in [6, 6.07) is 9.11. The maximum Gasteiger partial charge on any atom is 0.416 e. The zero-order chi connectivity index (χ0) is 21.3. The molecule has 0 fully saturated rings. The van der Waals surface area contributed by atoms with E-state index in [9.17, 15) is 22.4 Å². The first-order valence-electron chi connectivity index (χ1n) is 9.13. The summed E-state index contributed by atoms with van der Waals surface area (Å²) in [5.41, 5.74) is 1.17. The fourth-order valence-electron chi connectivity index (χ4n) is 3.25. The molecular formula is C21H16F4N2OS2. The van der Waals surface area contributed by atoms with Crippen molar-refractivity contribution in [3.8, 4) is 10.6 Å². The molecule has 1 aromatic heterocycles. The molecule has 4 rings (SSSR count). The lowest BCUT2D eigenvalue weighted by Crippen LogP contribution is -2.32. The Labute approximate surface area is 178 Å². The zero-order valence-electron chi connectivity index (χ0n) is 15.5. The van der Waals surface area contributed by atoms with E-state index in [0.717, 1.165) is 28.3 Å². The van der Waals surface area contributed by atoms with Gasteiger partial charge in [0.15, 0.2) is 0 Å². The summed E-state index contributed by atoms with van der Waals surface area (Å²) in [4.78, 5) is 17.8. The highest BCUT2D eigenvalue weighted by atomic mass is 32.2. The lowest BCUT2D eigenvalue weighted by molar-refractivity contribution is -0.137.